The Balaban J connectivity index is 1.71. The van der Waals surface area contributed by atoms with Crippen molar-refractivity contribution in [3.8, 4) is 0 Å². The lowest BCUT2D eigenvalue weighted by molar-refractivity contribution is 0.221. The molecule has 2 atom stereocenters. The monoisotopic (exact) mass is 229 g/mol. The average molecular weight is 229 g/mol. The summed E-state index contributed by atoms with van der Waals surface area (Å²) in [5, 5.41) is 3.88. The van der Waals surface area contributed by atoms with E-state index in [1.807, 2.05) is 0 Å². The molecule has 0 heterocycles. The molecule has 0 radical (unpaired) electrons. The van der Waals surface area contributed by atoms with E-state index >= 15 is 0 Å². The van der Waals surface area contributed by atoms with Crippen LogP contribution in [0.1, 0.15) is 56.2 Å². The molecule has 2 aliphatic rings. The molecular formula is C16H23N. The summed E-state index contributed by atoms with van der Waals surface area (Å²) in [7, 11) is 0. The van der Waals surface area contributed by atoms with Crippen molar-refractivity contribution in [2.45, 2.75) is 57.5 Å². The molecule has 0 bridgehead atoms. The van der Waals surface area contributed by atoms with Crippen molar-refractivity contribution >= 4 is 0 Å². The van der Waals surface area contributed by atoms with Gasteiger partial charge in [-0.05, 0) is 56.1 Å². The number of hydrogen-bond donors (Lipinski definition) is 1. The van der Waals surface area contributed by atoms with Crippen LogP contribution in [0.2, 0.25) is 0 Å². The van der Waals surface area contributed by atoms with E-state index in [2.05, 4.69) is 36.5 Å². The zero-order valence-corrected chi connectivity index (χ0v) is 10.8. The molecule has 0 amide bonds. The minimum absolute atomic E-state index is 0.607. The molecule has 1 fully saturated rings. The van der Waals surface area contributed by atoms with Crippen LogP contribution in [0.15, 0.2) is 24.3 Å². The SMILES string of the molecule is CC(NC1CCCc2ccccc21)C1CCC1. The van der Waals surface area contributed by atoms with Crippen molar-refractivity contribution in [3.05, 3.63) is 35.4 Å². The number of fused-ring (bicyclic) bond motifs is 1. The normalized spacial score (nSPS) is 26.1. The summed E-state index contributed by atoms with van der Waals surface area (Å²) in [5.41, 5.74) is 3.13. The lowest BCUT2D eigenvalue weighted by Gasteiger charge is -2.36. The molecule has 0 aliphatic heterocycles. The maximum atomic E-state index is 3.88. The molecule has 2 aliphatic carbocycles. The number of aryl methyl sites for hydroxylation is 1. The maximum absolute atomic E-state index is 3.88. The lowest BCUT2D eigenvalue weighted by atomic mass is 9.79. The van der Waals surface area contributed by atoms with Crippen molar-refractivity contribution in [2.24, 2.45) is 5.92 Å². The van der Waals surface area contributed by atoms with Crippen molar-refractivity contribution in [1.29, 1.82) is 0 Å². The molecule has 1 saturated carbocycles. The molecule has 1 heteroatoms. The Kier molecular flexibility index (Phi) is 3.19. The van der Waals surface area contributed by atoms with Crippen LogP contribution >= 0.6 is 0 Å². The molecule has 1 aromatic carbocycles. The van der Waals surface area contributed by atoms with Gasteiger partial charge in [0.2, 0.25) is 0 Å². The van der Waals surface area contributed by atoms with Gasteiger partial charge in [0.25, 0.3) is 0 Å². The first kappa shape index (κ1) is 11.3. The summed E-state index contributed by atoms with van der Waals surface area (Å²) in [6.45, 7) is 2.38. The molecule has 0 spiro atoms. The van der Waals surface area contributed by atoms with E-state index in [-0.39, 0.29) is 0 Å². The third-order valence-electron chi connectivity index (χ3n) is 4.69. The van der Waals surface area contributed by atoms with Crippen molar-refractivity contribution in [1.82, 2.24) is 5.32 Å². The van der Waals surface area contributed by atoms with Crippen molar-refractivity contribution in [3.63, 3.8) is 0 Å². The van der Waals surface area contributed by atoms with Gasteiger partial charge in [0, 0.05) is 12.1 Å². The summed E-state index contributed by atoms with van der Waals surface area (Å²) < 4.78 is 0. The van der Waals surface area contributed by atoms with Gasteiger partial charge in [0.15, 0.2) is 0 Å². The molecule has 92 valence electrons. The Morgan fingerprint density at radius 2 is 1.94 bits per heavy atom. The fourth-order valence-corrected chi connectivity index (χ4v) is 3.32. The highest BCUT2D eigenvalue weighted by Crippen LogP contribution is 2.34. The van der Waals surface area contributed by atoms with Crippen molar-refractivity contribution < 1.29 is 0 Å². The van der Waals surface area contributed by atoms with Crippen LogP contribution in [0.25, 0.3) is 0 Å². The summed E-state index contributed by atoms with van der Waals surface area (Å²) in [6.07, 6.45) is 8.23. The van der Waals surface area contributed by atoms with Gasteiger partial charge in [-0.2, -0.15) is 0 Å². The predicted molar refractivity (Wildman–Crippen MR) is 72.1 cm³/mol. The van der Waals surface area contributed by atoms with Gasteiger partial charge in [-0.15, -0.1) is 0 Å². The minimum atomic E-state index is 0.607. The van der Waals surface area contributed by atoms with Crippen molar-refractivity contribution in [2.75, 3.05) is 0 Å². The van der Waals surface area contributed by atoms with Crippen LogP contribution in [0.3, 0.4) is 0 Å². The van der Waals surface area contributed by atoms with Gasteiger partial charge in [-0.3, -0.25) is 0 Å². The molecule has 1 nitrogen and oxygen atoms in total. The first-order chi connectivity index (χ1) is 8.34. The summed E-state index contributed by atoms with van der Waals surface area (Å²) in [5.74, 6) is 0.934. The minimum Gasteiger partial charge on any atom is -0.307 e. The zero-order chi connectivity index (χ0) is 11.7. The Hall–Kier alpha value is -0.820. The highest BCUT2D eigenvalue weighted by atomic mass is 15.0. The fraction of sp³-hybridized carbons (Fsp3) is 0.625. The largest absolute Gasteiger partial charge is 0.307 e. The lowest BCUT2D eigenvalue weighted by Crippen LogP contribution is -2.40. The second-order valence-corrected chi connectivity index (χ2v) is 5.79. The average Bonchev–Trinajstić information content (AvgIpc) is 2.27. The van der Waals surface area contributed by atoms with Gasteiger partial charge < -0.3 is 5.32 Å². The van der Waals surface area contributed by atoms with Gasteiger partial charge in [-0.25, -0.2) is 0 Å². The third-order valence-corrected chi connectivity index (χ3v) is 4.69. The van der Waals surface area contributed by atoms with Crippen LogP contribution < -0.4 is 5.32 Å². The Morgan fingerprint density at radius 3 is 2.71 bits per heavy atom. The maximum Gasteiger partial charge on any atom is 0.0325 e. The van der Waals surface area contributed by atoms with E-state index in [0.717, 1.165) is 5.92 Å². The Morgan fingerprint density at radius 1 is 1.12 bits per heavy atom. The zero-order valence-electron chi connectivity index (χ0n) is 10.8. The second kappa shape index (κ2) is 4.81. The predicted octanol–water partition coefficient (Wildman–Crippen LogP) is 3.84. The topological polar surface area (TPSA) is 12.0 Å². The first-order valence-corrected chi connectivity index (χ1v) is 7.18. The van der Waals surface area contributed by atoms with Crippen LogP contribution in [0.5, 0.6) is 0 Å². The second-order valence-electron chi connectivity index (χ2n) is 5.79. The molecule has 0 saturated heterocycles. The fourth-order valence-electron chi connectivity index (χ4n) is 3.32. The first-order valence-electron chi connectivity index (χ1n) is 7.18. The van der Waals surface area contributed by atoms with E-state index in [9.17, 15) is 0 Å². The number of hydrogen-bond acceptors (Lipinski definition) is 1. The van der Waals surface area contributed by atoms with Crippen LogP contribution in [0.4, 0.5) is 0 Å². The molecule has 0 aromatic heterocycles. The molecule has 17 heavy (non-hydrogen) atoms. The Bertz CT molecular complexity index is 381. The van der Waals surface area contributed by atoms with Gasteiger partial charge >= 0.3 is 0 Å². The third kappa shape index (κ3) is 2.26. The van der Waals surface area contributed by atoms with Gasteiger partial charge in [-0.1, -0.05) is 30.7 Å². The van der Waals surface area contributed by atoms with Crippen LogP contribution in [-0.2, 0) is 6.42 Å². The van der Waals surface area contributed by atoms with E-state index in [1.54, 1.807) is 11.1 Å². The molecule has 1 aromatic rings. The number of benzene rings is 1. The highest BCUT2D eigenvalue weighted by Gasteiger charge is 2.27. The van der Waals surface area contributed by atoms with Gasteiger partial charge in [0.05, 0.1) is 0 Å². The van der Waals surface area contributed by atoms with Crippen LogP contribution in [0, 0.1) is 5.92 Å². The number of rotatable bonds is 3. The van der Waals surface area contributed by atoms with E-state index in [4.69, 9.17) is 0 Å². The molecule has 2 unspecified atom stereocenters. The number of nitrogens with one attached hydrogen (secondary N) is 1. The summed E-state index contributed by atoms with van der Waals surface area (Å²) in [4.78, 5) is 0. The quantitative estimate of drug-likeness (QED) is 0.830. The molecular weight excluding hydrogens is 206 g/mol. The highest BCUT2D eigenvalue weighted by molar-refractivity contribution is 5.32. The molecule has 3 rings (SSSR count). The Labute approximate surface area is 105 Å². The van der Waals surface area contributed by atoms with E-state index in [1.165, 1.54) is 38.5 Å². The standard InChI is InChI=1S/C16H23N/c1-12(13-7-4-8-13)17-16-11-5-9-14-6-2-3-10-15(14)16/h2-3,6,10,12-13,16-17H,4-5,7-9,11H2,1H3. The van der Waals surface area contributed by atoms with E-state index in [0.29, 0.717) is 12.1 Å². The van der Waals surface area contributed by atoms with E-state index < -0.39 is 0 Å². The van der Waals surface area contributed by atoms with Crippen LogP contribution in [-0.4, -0.2) is 6.04 Å². The van der Waals surface area contributed by atoms with Gasteiger partial charge in [0.1, 0.15) is 0 Å². The summed E-state index contributed by atoms with van der Waals surface area (Å²) >= 11 is 0. The smallest absolute Gasteiger partial charge is 0.0325 e. The molecule has 1 N–H and O–H groups in total. The summed E-state index contributed by atoms with van der Waals surface area (Å²) in [6, 6.07) is 10.3.